The Morgan fingerprint density at radius 1 is 1.60 bits per heavy atom. The van der Waals surface area contributed by atoms with Gasteiger partial charge in [-0.05, 0) is 22.9 Å². The second-order valence-electron chi connectivity index (χ2n) is 2.60. The van der Waals surface area contributed by atoms with E-state index in [4.69, 9.17) is 0 Å². The van der Waals surface area contributed by atoms with Crippen LogP contribution >= 0.6 is 11.3 Å². The van der Waals surface area contributed by atoms with Gasteiger partial charge in [0.2, 0.25) is 0 Å². The van der Waals surface area contributed by atoms with Gasteiger partial charge >= 0.3 is 0 Å². The van der Waals surface area contributed by atoms with Crippen LogP contribution in [0.4, 0.5) is 0 Å². The second kappa shape index (κ2) is 3.02. The maximum Gasteiger partial charge on any atom is 0.0143 e. The maximum atomic E-state index is 3.75. The summed E-state index contributed by atoms with van der Waals surface area (Å²) in [6.45, 7) is 8.17. The molecule has 1 rings (SSSR count). The van der Waals surface area contributed by atoms with Crippen molar-refractivity contribution in [2.75, 3.05) is 0 Å². The molecule has 0 amide bonds. The van der Waals surface area contributed by atoms with E-state index in [2.05, 4.69) is 31.9 Å². The fourth-order valence-electron chi connectivity index (χ4n) is 0.969. The standard InChI is InChI=1S/C9H12S/c1-4-8-5-6-10-9(8)7(2)3/h4-7H,1H2,2-3H3. The van der Waals surface area contributed by atoms with Crippen LogP contribution in [-0.2, 0) is 0 Å². The van der Waals surface area contributed by atoms with E-state index in [0.29, 0.717) is 5.92 Å². The molecule has 1 aromatic rings. The molecule has 54 valence electrons. The minimum absolute atomic E-state index is 0.632. The third-order valence-electron chi connectivity index (χ3n) is 1.47. The molecule has 0 atom stereocenters. The molecular weight excluding hydrogens is 140 g/mol. The van der Waals surface area contributed by atoms with Gasteiger partial charge in [0.25, 0.3) is 0 Å². The summed E-state index contributed by atoms with van der Waals surface area (Å²) < 4.78 is 0. The highest BCUT2D eigenvalue weighted by molar-refractivity contribution is 7.10. The summed E-state index contributed by atoms with van der Waals surface area (Å²) in [5, 5.41) is 2.12. The van der Waals surface area contributed by atoms with Gasteiger partial charge < -0.3 is 0 Å². The predicted octanol–water partition coefficient (Wildman–Crippen LogP) is 3.51. The highest BCUT2D eigenvalue weighted by atomic mass is 32.1. The smallest absolute Gasteiger partial charge is 0.0143 e. The Labute approximate surface area is 66.2 Å². The molecule has 1 heterocycles. The maximum absolute atomic E-state index is 3.75. The van der Waals surface area contributed by atoms with Crippen LogP contribution in [0.25, 0.3) is 6.08 Å². The molecule has 10 heavy (non-hydrogen) atoms. The van der Waals surface area contributed by atoms with Crippen LogP contribution in [0.2, 0.25) is 0 Å². The summed E-state index contributed by atoms with van der Waals surface area (Å²) in [4.78, 5) is 1.44. The first kappa shape index (κ1) is 7.55. The van der Waals surface area contributed by atoms with E-state index in [1.165, 1.54) is 10.4 Å². The summed E-state index contributed by atoms with van der Waals surface area (Å²) in [6.07, 6.45) is 1.92. The molecule has 0 N–H and O–H groups in total. The van der Waals surface area contributed by atoms with Gasteiger partial charge in [-0.3, -0.25) is 0 Å². The van der Waals surface area contributed by atoms with Crippen LogP contribution < -0.4 is 0 Å². The predicted molar refractivity (Wildman–Crippen MR) is 48.5 cm³/mol. The lowest BCUT2D eigenvalue weighted by atomic mass is 10.1. The van der Waals surface area contributed by atoms with Gasteiger partial charge in [0, 0.05) is 4.88 Å². The molecule has 0 bridgehead atoms. The fourth-order valence-corrected chi connectivity index (χ4v) is 1.89. The van der Waals surface area contributed by atoms with Gasteiger partial charge in [0.1, 0.15) is 0 Å². The zero-order valence-electron chi connectivity index (χ0n) is 6.42. The fraction of sp³-hybridized carbons (Fsp3) is 0.333. The highest BCUT2D eigenvalue weighted by Crippen LogP contribution is 2.25. The molecule has 0 aromatic carbocycles. The second-order valence-corrected chi connectivity index (χ2v) is 3.55. The summed E-state index contributed by atoms with van der Waals surface area (Å²) in [6, 6.07) is 2.12. The molecule has 0 fully saturated rings. The van der Waals surface area contributed by atoms with E-state index in [1.54, 1.807) is 0 Å². The number of hydrogen-bond acceptors (Lipinski definition) is 1. The molecule has 1 aromatic heterocycles. The van der Waals surface area contributed by atoms with Gasteiger partial charge in [-0.2, -0.15) is 0 Å². The average Bonchev–Trinajstić information content (AvgIpc) is 2.33. The molecule has 0 aliphatic heterocycles. The van der Waals surface area contributed by atoms with Gasteiger partial charge in [0.05, 0.1) is 0 Å². The summed E-state index contributed by atoms with van der Waals surface area (Å²) in [5.74, 6) is 0.632. The molecule has 0 saturated carbocycles. The Morgan fingerprint density at radius 3 is 2.70 bits per heavy atom. The Hall–Kier alpha value is -0.560. The first-order valence-electron chi connectivity index (χ1n) is 3.45. The highest BCUT2D eigenvalue weighted by Gasteiger charge is 2.03. The number of rotatable bonds is 2. The molecule has 1 heteroatoms. The van der Waals surface area contributed by atoms with Crippen molar-refractivity contribution in [3.8, 4) is 0 Å². The van der Waals surface area contributed by atoms with E-state index >= 15 is 0 Å². The summed E-state index contributed by atoms with van der Waals surface area (Å²) >= 11 is 1.81. The zero-order valence-corrected chi connectivity index (χ0v) is 7.24. The lowest BCUT2D eigenvalue weighted by Crippen LogP contribution is -1.83. The summed E-state index contributed by atoms with van der Waals surface area (Å²) in [7, 11) is 0. The van der Waals surface area contributed by atoms with Crippen molar-refractivity contribution < 1.29 is 0 Å². The minimum atomic E-state index is 0.632. The van der Waals surface area contributed by atoms with Crippen LogP contribution in [0, 0.1) is 0 Å². The van der Waals surface area contributed by atoms with Crippen molar-refractivity contribution in [2.45, 2.75) is 19.8 Å². The van der Waals surface area contributed by atoms with Crippen LogP contribution in [0.15, 0.2) is 18.0 Å². The van der Waals surface area contributed by atoms with Crippen LogP contribution in [0.3, 0.4) is 0 Å². The lowest BCUT2D eigenvalue weighted by molar-refractivity contribution is 0.887. The van der Waals surface area contributed by atoms with E-state index in [1.807, 2.05) is 17.4 Å². The van der Waals surface area contributed by atoms with E-state index in [-0.39, 0.29) is 0 Å². The molecule has 0 radical (unpaired) electrons. The SMILES string of the molecule is C=Cc1ccsc1C(C)C. The van der Waals surface area contributed by atoms with E-state index < -0.39 is 0 Å². The Balaban J connectivity index is 3.01. The Bertz CT molecular complexity index is 220. The first-order valence-corrected chi connectivity index (χ1v) is 4.33. The Morgan fingerprint density at radius 2 is 2.30 bits per heavy atom. The van der Waals surface area contributed by atoms with Crippen molar-refractivity contribution in [1.82, 2.24) is 0 Å². The van der Waals surface area contributed by atoms with Crippen LogP contribution in [0.5, 0.6) is 0 Å². The van der Waals surface area contributed by atoms with Gasteiger partial charge in [-0.1, -0.05) is 26.5 Å². The van der Waals surface area contributed by atoms with Crippen molar-refractivity contribution in [1.29, 1.82) is 0 Å². The third kappa shape index (κ3) is 1.29. The average molecular weight is 152 g/mol. The van der Waals surface area contributed by atoms with Crippen LogP contribution in [0.1, 0.15) is 30.2 Å². The van der Waals surface area contributed by atoms with Gasteiger partial charge in [-0.25, -0.2) is 0 Å². The molecule has 0 aliphatic rings. The minimum Gasteiger partial charge on any atom is -0.148 e. The van der Waals surface area contributed by atoms with Gasteiger partial charge in [-0.15, -0.1) is 11.3 Å². The Kier molecular flexibility index (Phi) is 2.28. The van der Waals surface area contributed by atoms with E-state index in [0.717, 1.165) is 0 Å². The number of thiophene rings is 1. The molecular formula is C9H12S. The molecule has 0 aliphatic carbocycles. The summed E-state index contributed by atoms with van der Waals surface area (Å²) in [5.41, 5.74) is 1.29. The lowest BCUT2D eigenvalue weighted by Gasteiger charge is -2.01. The molecule has 0 saturated heterocycles. The molecule has 0 unspecified atom stereocenters. The van der Waals surface area contributed by atoms with Crippen molar-refractivity contribution in [2.24, 2.45) is 0 Å². The largest absolute Gasteiger partial charge is 0.148 e. The number of hydrogen-bond donors (Lipinski definition) is 0. The zero-order chi connectivity index (χ0) is 7.56. The topological polar surface area (TPSA) is 0 Å². The quantitative estimate of drug-likeness (QED) is 0.608. The van der Waals surface area contributed by atoms with Crippen molar-refractivity contribution >= 4 is 17.4 Å². The first-order chi connectivity index (χ1) is 4.75. The van der Waals surface area contributed by atoms with Gasteiger partial charge in [0.15, 0.2) is 0 Å². The van der Waals surface area contributed by atoms with Crippen molar-refractivity contribution in [3.63, 3.8) is 0 Å². The van der Waals surface area contributed by atoms with Crippen LogP contribution in [-0.4, -0.2) is 0 Å². The molecule has 0 spiro atoms. The monoisotopic (exact) mass is 152 g/mol. The third-order valence-corrected chi connectivity index (χ3v) is 2.70. The van der Waals surface area contributed by atoms with E-state index in [9.17, 15) is 0 Å². The molecule has 0 nitrogen and oxygen atoms in total. The van der Waals surface area contributed by atoms with Crippen molar-refractivity contribution in [3.05, 3.63) is 28.5 Å². The normalized spacial score (nSPS) is 10.3.